The Morgan fingerprint density at radius 1 is 0.982 bits per heavy atom. The van der Waals surface area contributed by atoms with E-state index in [4.69, 9.17) is 9.47 Å². The largest absolute Gasteiger partial charge is 0.394 e. The molecular weight excluding hydrogens is 702 g/mol. The number of ether oxygens (including phenoxy) is 2. The molecule has 0 aromatic heterocycles. The van der Waals surface area contributed by atoms with Gasteiger partial charge in [-0.05, 0) is 61.8 Å². The van der Waals surface area contributed by atoms with Gasteiger partial charge in [-0.15, -0.1) is 0 Å². The first kappa shape index (κ1) is 44.2. The second kappa shape index (κ2) is 20.0. The van der Waals surface area contributed by atoms with Crippen LogP contribution in [0, 0.1) is 23.7 Å². The van der Waals surface area contributed by atoms with Crippen molar-refractivity contribution in [3.8, 4) is 0 Å². The van der Waals surface area contributed by atoms with E-state index in [-0.39, 0.29) is 72.4 Å². The highest BCUT2D eigenvalue weighted by molar-refractivity contribution is 5.93. The minimum absolute atomic E-state index is 0.0116. The number of methoxy groups -OCH3 is 2. The van der Waals surface area contributed by atoms with Gasteiger partial charge in [0.15, 0.2) is 0 Å². The average Bonchev–Trinajstić information content (AvgIpc) is 3.94. The lowest BCUT2D eigenvalue weighted by Gasteiger charge is -2.41. The summed E-state index contributed by atoms with van der Waals surface area (Å²) in [4.78, 5) is 73.6. The topological polar surface area (TPSA) is 158 Å². The van der Waals surface area contributed by atoms with E-state index in [1.165, 1.54) is 6.92 Å². The van der Waals surface area contributed by atoms with E-state index in [9.17, 15) is 29.1 Å². The second-order valence-corrected chi connectivity index (χ2v) is 16.5. The number of fused-ring (bicyclic) bond motifs is 2. The molecule has 5 amide bonds. The minimum atomic E-state index is -0.832. The third kappa shape index (κ3) is 10.3. The SMILES string of the molecule is CC[C@H](C)[C@@H]([C@@H](CC(=O)N1CCC[C@H]1[C@H](OC)[C@@H](C)C(=O)N[C@H](CO)Cc1ccccc1)OC)N(C)C(=O)[C@@H](NC(=O)[C@@H]1[C@H]2CC[C@H](C2)N1C(C)=O)C(C)C. The number of aliphatic hydroxyl groups excluding tert-OH is 1. The zero-order valence-electron chi connectivity index (χ0n) is 34.5. The van der Waals surface area contributed by atoms with E-state index >= 15 is 0 Å². The Kier molecular flexibility index (Phi) is 16.1. The zero-order chi connectivity index (χ0) is 40.6. The van der Waals surface area contributed by atoms with Gasteiger partial charge >= 0.3 is 0 Å². The Morgan fingerprint density at radius 2 is 1.67 bits per heavy atom. The summed E-state index contributed by atoms with van der Waals surface area (Å²) in [6.07, 6.45) is 4.00. The fraction of sp³-hybridized carbons (Fsp3) is 0.738. The van der Waals surface area contributed by atoms with Crippen LogP contribution in [-0.2, 0) is 39.9 Å². The molecule has 308 valence electrons. The molecule has 13 heteroatoms. The van der Waals surface area contributed by atoms with Gasteiger partial charge in [-0.1, -0.05) is 71.4 Å². The molecule has 0 radical (unpaired) electrons. The van der Waals surface area contributed by atoms with Gasteiger partial charge in [0.1, 0.15) is 12.1 Å². The molecule has 2 bridgehead atoms. The van der Waals surface area contributed by atoms with Crippen LogP contribution in [0.2, 0.25) is 0 Å². The third-order valence-corrected chi connectivity index (χ3v) is 12.6. The third-order valence-electron chi connectivity index (χ3n) is 12.6. The van der Waals surface area contributed by atoms with E-state index in [1.807, 2.05) is 58.0 Å². The number of nitrogens with zero attached hydrogens (tertiary/aromatic N) is 3. The first-order valence-electron chi connectivity index (χ1n) is 20.3. The van der Waals surface area contributed by atoms with Crippen LogP contribution in [0.3, 0.4) is 0 Å². The number of benzene rings is 1. The lowest BCUT2D eigenvalue weighted by atomic mass is 9.89. The monoisotopic (exact) mass is 769 g/mol. The summed E-state index contributed by atoms with van der Waals surface area (Å²) < 4.78 is 12.0. The number of likely N-dealkylation sites (tertiary alicyclic amines) is 2. The maximum Gasteiger partial charge on any atom is 0.245 e. The van der Waals surface area contributed by atoms with Crippen LogP contribution in [0.5, 0.6) is 0 Å². The molecule has 1 aliphatic carbocycles. The molecule has 3 fully saturated rings. The molecule has 55 heavy (non-hydrogen) atoms. The summed E-state index contributed by atoms with van der Waals surface area (Å²) >= 11 is 0. The highest BCUT2D eigenvalue weighted by Crippen LogP contribution is 2.42. The number of carbonyl (C=O) groups is 5. The van der Waals surface area contributed by atoms with E-state index in [0.29, 0.717) is 19.4 Å². The molecule has 0 spiro atoms. The van der Waals surface area contributed by atoms with Gasteiger partial charge in [0, 0.05) is 40.8 Å². The lowest BCUT2D eigenvalue weighted by Crippen LogP contribution is -2.60. The van der Waals surface area contributed by atoms with Crippen molar-refractivity contribution in [3.05, 3.63) is 35.9 Å². The molecule has 1 aromatic carbocycles. The minimum Gasteiger partial charge on any atom is -0.394 e. The van der Waals surface area contributed by atoms with Gasteiger partial charge in [-0.2, -0.15) is 0 Å². The lowest BCUT2D eigenvalue weighted by molar-refractivity contribution is -0.148. The first-order valence-corrected chi connectivity index (χ1v) is 20.3. The van der Waals surface area contributed by atoms with E-state index in [2.05, 4.69) is 10.6 Å². The average molecular weight is 770 g/mol. The van der Waals surface area contributed by atoms with Crippen molar-refractivity contribution in [1.29, 1.82) is 0 Å². The van der Waals surface area contributed by atoms with Crippen molar-refractivity contribution in [2.75, 3.05) is 34.4 Å². The predicted octanol–water partition coefficient (Wildman–Crippen LogP) is 3.17. The van der Waals surface area contributed by atoms with Crippen molar-refractivity contribution in [2.45, 2.75) is 141 Å². The summed E-state index contributed by atoms with van der Waals surface area (Å²) in [5.74, 6) is -1.88. The van der Waals surface area contributed by atoms with Gasteiger partial charge in [0.25, 0.3) is 0 Å². The molecule has 0 unspecified atom stereocenters. The highest BCUT2D eigenvalue weighted by Gasteiger charge is 2.51. The van der Waals surface area contributed by atoms with E-state index < -0.39 is 42.3 Å². The van der Waals surface area contributed by atoms with Crippen molar-refractivity contribution in [1.82, 2.24) is 25.3 Å². The highest BCUT2D eigenvalue weighted by atomic mass is 16.5. The molecule has 13 nitrogen and oxygen atoms in total. The Labute approximate surface area is 328 Å². The number of likely N-dealkylation sites (N-methyl/N-ethyl adjacent to an activating group) is 1. The Morgan fingerprint density at radius 3 is 2.25 bits per heavy atom. The fourth-order valence-corrected chi connectivity index (χ4v) is 9.45. The smallest absolute Gasteiger partial charge is 0.245 e. The molecule has 11 atom stereocenters. The number of hydrogen-bond acceptors (Lipinski definition) is 8. The van der Waals surface area contributed by atoms with Crippen LogP contribution in [-0.4, -0.2) is 132 Å². The molecule has 3 aliphatic rings. The Balaban J connectivity index is 1.46. The molecule has 2 heterocycles. The molecule has 2 aliphatic heterocycles. The maximum atomic E-state index is 14.4. The number of hydrogen-bond donors (Lipinski definition) is 3. The number of amides is 5. The first-order chi connectivity index (χ1) is 26.2. The molecular formula is C42H67N5O8. The normalized spacial score (nSPS) is 24.5. The summed E-state index contributed by atoms with van der Waals surface area (Å²) in [6.45, 7) is 11.4. The molecule has 2 saturated heterocycles. The number of nitrogens with one attached hydrogen (secondary N) is 2. The van der Waals surface area contributed by atoms with Crippen molar-refractivity contribution >= 4 is 29.5 Å². The van der Waals surface area contributed by atoms with Gasteiger partial charge in [0.05, 0.1) is 49.3 Å². The van der Waals surface area contributed by atoms with Crippen molar-refractivity contribution < 1.29 is 38.6 Å². The van der Waals surface area contributed by atoms with E-state index in [0.717, 1.165) is 37.7 Å². The predicted molar refractivity (Wildman–Crippen MR) is 209 cm³/mol. The van der Waals surface area contributed by atoms with Gasteiger partial charge in [-0.3, -0.25) is 24.0 Å². The van der Waals surface area contributed by atoms with Crippen LogP contribution >= 0.6 is 0 Å². The maximum absolute atomic E-state index is 14.4. The summed E-state index contributed by atoms with van der Waals surface area (Å²) in [7, 11) is 4.82. The molecule has 3 N–H and O–H groups in total. The summed E-state index contributed by atoms with van der Waals surface area (Å²) in [6, 6.07) is 7.04. The second-order valence-electron chi connectivity index (χ2n) is 16.5. The zero-order valence-corrected chi connectivity index (χ0v) is 34.5. The summed E-state index contributed by atoms with van der Waals surface area (Å²) in [5, 5.41) is 16.1. The molecule has 4 rings (SSSR count). The Hall–Kier alpha value is -3.55. The van der Waals surface area contributed by atoms with Crippen LogP contribution in [0.4, 0.5) is 0 Å². The fourth-order valence-electron chi connectivity index (χ4n) is 9.45. The van der Waals surface area contributed by atoms with Crippen LogP contribution < -0.4 is 10.6 Å². The van der Waals surface area contributed by atoms with E-state index in [1.54, 1.807) is 42.9 Å². The number of rotatable bonds is 19. The quantitative estimate of drug-likeness (QED) is 0.194. The van der Waals surface area contributed by atoms with Crippen LogP contribution in [0.15, 0.2) is 30.3 Å². The Bertz CT molecular complexity index is 1460. The van der Waals surface area contributed by atoms with Gasteiger partial charge in [0.2, 0.25) is 29.5 Å². The van der Waals surface area contributed by atoms with Gasteiger partial charge in [-0.25, -0.2) is 0 Å². The van der Waals surface area contributed by atoms with Crippen LogP contribution in [0.25, 0.3) is 0 Å². The van der Waals surface area contributed by atoms with Gasteiger partial charge < -0.3 is 39.9 Å². The van der Waals surface area contributed by atoms with Crippen molar-refractivity contribution in [3.63, 3.8) is 0 Å². The number of aliphatic hydroxyl groups is 1. The molecule has 1 saturated carbocycles. The number of carbonyl (C=O) groups excluding carboxylic acids is 5. The standard InChI is InChI=1S/C42H67N5O8/c1-10-26(4)37(45(7)42(53)36(25(2)3)44-41(52)38-30-18-19-32(22-30)47(38)28(6)49)34(54-8)23-35(50)46-20-14-17-33(46)39(55-9)27(5)40(51)43-31(24-48)21-29-15-12-11-13-16-29/h11-13,15-16,25-27,30-34,36-39,48H,10,14,17-24H2,1-9H3,(H,43,51)(H,44,52)/t26-,27+,30-,31-,32+,33-,34+,36-,37-,38-,39+/m0/s1. The summed E-state index contributed by atoms with van der Waals surface area (Å²) in [5.41, 5.74) is 1.00. The van der Waals surface area contributed by atoms with Crippen molar-refractivity contribution in [2.24, 2.45) is 23.7 Å². The van der Waals surface area contributed by atoms with Crippen LogP contribution in [0.1, 0.15) is 92.1 Å². The number of piperidine rings is 1. The molecule has 1 aromatic rings.